The SMILES string of the molecule is CCCC/C=C/CCC(=O)NC[N+](C)(C)C. The third kappa shape index (κ3) is 11.2. The van der Waals surface area contributed by atoms with Gasteiger partial charge in [0.05, 0.1) is 21.1 Å². The second-order valence-electron chi connectivity index (χ2n) is 5.20. The maximum absolute atomic E-state index is 11.4. The highest BCUT2D eigenvalue weighted by molar-refractivity contribution is 5.75. The minimum Gasteiger partial charge on any atom is -0.314 e. The van der Waals surface area contributed by atoms with Crippen molar-refractivity contribution in [1.82, 2.24) is 5.32 Å². The number of carbonyl (C=O) groups excluding carboxylic acids is 1. The van der Waals surface area contributed by atoms with E-state index in [9.17, 15) is 4.79 Å². The lowest BCUT2D eigenvalue weighted by Crippen LogP contribution is -2.45. The molecular formula is C13H27N2O+. The molecule has 0 aromatic heterocycles. The molecule has 0 aromatic carbocycles. The topological polar surface area (TPSA) is 29.1 Å². The second kappa shape index (κ2) is 8.34. The van der Waals surface area contributed by atoms with Crippen molar-refractivity contribution in [1.29, 1.82) is 0 Å². The number of nitrogens with zero attached hydrogens (tertiary/aromatic N) is 1. The van der Waals surface area contributed by atoms with Gasteiger partial charge in [-0.05, 0) is 12.8 Å². The van der Waals surface area contributed by atoms with E-state index in [1.807, 2.05) is 0 Å². The van der Waals surface area contributed by atoms with E-state index in [4.69, 9.17) is 0 Å². The molecule has 0 spiro atoms. The zero-order valence-corrected chi connectivity index (χ0v) is 11.3. The highest BCUT2D eigenvalue weighted by Crippen LogP contribution is 1.98. The molecule has 0 aromatic rings. The van der Waals surface area contributed by atoms with Gasteiger partial charge in [-0.15, -0.1) is 0 Å². The molecule has 0 radical (unpaired) electrons. The van der Waals surface area contributed by atoms with Crippen molar-refractivity contribution >= 4 is 5.91 Å². The Morgan fingerprint density at radius 1 is 1.19 bits per heavy atom. The van der Waals surface area contributed by atoms with Gasteiger partial charge in [0.25, 0.3) is 0 Å². The summed E-state index contributed by atoms with van der Waals surface area (Å²) in [5, 5.41) is 2.92. The smallest absolute Gasteiger partial charge is 0.224 e. The van der Waals surface area contributed by atoms with Crippen LogP contribution in [0.2, 0.25) is 0 Å². The molecule has 0 unspecified atom stereocenters. The predicted molar refractivity (Wildman–Crippen MR) is 68.9 cm³/mol. The van der Waals surface area contributed by atoms with Crippen molar-refractivity contribution in [3.63, 3.8) is 0 Å². The van der Waals surface area contributed by atoms with E-state index in [0.29, 0.717) is 13.1 Å². The Kier molecular flexibility index (Phi) is 7.90. The molecule has 1 amide bonds. The molecule has 0 aliphatic rings. The highest BCUT2D eigenvalue weighted by atomic mass is 16.1. The van der Waals surface area contributed by atoms with Crippen molar-refractivity contribution in [2.75, 3.05) is 27.8 Å². The number of hydrogen-bond acceptors (Lipinski definition) is 1. The fraction of sp³-hybridized carbons (Fsp3) is 0.769. The number of rotatable bonds is 8. The van der Waals surface area contributed by atoms with Crippen LogP contribution in [-0.4, -0.2) is 38.2 Å². The summed E-state index contributed by atoms with van der Waals surface area (Å²) < 4.78 is 0.762. The summed E-state index contributed by atoms with van der Waals surface area (Å²) in [4.78, 5) is 11.4. The van der Waals surface area contributed by atoms with Gasteiger partial charge in [0.15, 0.2) is 6.67 Å². The maximum Gasteiger partial charge on any atom is 0.224 e. The molecular weight excluding hydrogens is 200 g/mol. The third-order valence-corrected chi connectivity index (χ3v) is 2.18. The Bertz CT molecular complexity index is 216. The Morgan fingerprint density at radius 3 is 2.38 bits per heavy atom. The third-order valence-electron chi connectivity index (χ3n) is 2.18. The standard InChI is InChI=1S/C13H26N2O/c1-5-6-7-8-9-10-11-13(16)14-12-15(2,3)4/h8-9H,5-7,10-12H2,1-4H3/p+1/b9-8+. The molecule has 0 fully saturated rings. The molecule has 0 atom stereocenters. The van der Waals surface area contributed by atoms with Gasteiger partial charge >= 0.3 is 0 Å². The van der Waals surface area contributed by atoms with Crippen LogP contribution in [0.4, 0.5) is 0 Å². The first-order chi connectivity index (χ1) is 7.45. The number of unbranched alkanes of at least 4 members (excludes halogenated alkanes) is 2. The number of allylic oxidation sites excluding steroid dienone is 2. The monoisotopic (exact) mass is 227 g/mol. The molecule has 0 heterocycles. The maximum atomic E-state index is 11.4. The first-order valence-electron chi connectivity index (χ1n) is 6.18. The van der Waals surface area contributed by atoms with Crippen molar-refractivity contribution in [3.05, 3.63) is 12.2 Å². The number of amides is 1. The second-order valence-corrected chi connectivity index (χ2v) is 5.20. The number of nitrogens with one attached hydrogen (secondary N) is 1. The van der Waals surface area contributed by atoms with Gasteiger partial charge in [-0.1, -0.05) is 31.9 Å². The van der Waals surface area contributed by atoms with Crippen LogP contribution in [-0.2, 0) is 4.79 Å². The fourth-order valence-corrected chi connectivity index (χ4v) is 1.19. The largest absolute Gasteiger partial charge is 0.314 e. The molecule has 16 heavy (non-hydrogen) atoms. The van der Waals surface area contributed by atoms with Crippen LogP contribution in [0.5, 0.6) is 0 Å². The van der Waals surface area contributed by atoms with Gasteiger partial charge in [0.2, 0.25) is 5.91 Å². The molecule has 94 valence electrons. The van der Waals surface area contributed by atoms with Crippen molar-refractivity contribution in [2.24, 2.45) is 0 Å². The van der Waals surface area contributed by atoms with E-state index in [1.165, 1.54) is 12.8 Å². The van der Waals surface area contributed by atoms with Gasteiger partial charge < -0.3 is 9.80 Å². The lowest BCUT2D eigenvalue weighted by atomic mass is 10.2. The molecule has 0 rings (SSSR count). The molecule has 1 N–H and O–H groups in total. The van der Waals surface area contributed by atoms with Crippen molar-refractivity contribution in [3.8, 4) is 0 Å². The van der Waals surface area contributed by atoms with E-state index in [-0.39, 0.29) is 5.91 Å². The number of hydrogen-bond donors (Lipinski definition) is 1. The quantitative estimate of drug-likeness (QED) is 0.293. The highest BCUT2D eigenvalue weighted by Gasteiger charge is 2.08. The van der Waals surface area contributed by atoms with E-state index < -0.39 is 0 Å². The first-order valence-corrected chi connectivity index (χ1v) is 6.18. The number of quaternary nitrogens is 1. The van der Waals surface area contributed by atoms with Gasteiger partial charge in [-0.2, -0.15) is 0 Å². The van der Waals surface area contributed by atoms with Gasteiger partial charge in [-0.25, -0.2) is 0 Å². The van der Waals surface area contributed by atoms with Gasteiger partial charge in [0.1, 0.15) is 0 Å². The molecule has 0 bridgehead atoms. The van der Waals surface area contributed by atoms with Crippen LogP contribution in [0, 0.1) is 0 Å². The van der Waals surface area contributed by atoms with Crippen molar-refractivity contribution in [2.45, 2.75) is 39.0 Å². The molecule has 0 saturated carbocycles. The molecule has 0 saturated heterocycles. The van der Waals surface area contributed by atoms with Crippen LogP contribution < -0.4 is 5.32 Å². The van der Waals surface area contributed by atoms with Gasteiger partial charge in [-0.3, -0.25) is 4.79 Å². The summed E-state index contributed by atoms with van der Waals surface area (Å²) in [5.74, 6) is 0.146. The summed E-state index contributed by atoms with van der Waals surface area (Å²) in [6.45, 7) is 2.88. The predicted octanol–water partition coefficient (Wildman–Crippen LogP) is 2.29. The lowest BCUT2D eigenvalue weighted by molar-refractivity contribution is -0.872. The van der Waals surface area contributed by atoms with Crippen LogP contribution >= 0.6 is 0 Å². The van der Waals surface area contributed by atoms with Crippen LogP contribution in [0.1, 0.15) is 39.0 Å². The Labute approximate surface area is 100 Å². The van der Waals surface area contributed by atoms with E-state index in [2.05, 4.69) is 45.5 Å². The van der Waals surface area contributed by atoms with E-state index >= 15 is 0 Å². The molecule has 0 aliphatic carbocycles. The molecule has 3 nitrogen and oxygen atoms in total. The Balaban J connectivity index is 3.47. The normalized spacial score (nSPS) is 12.0. The zero-order chi connectivity index (χ0) is 12.4. The average Bonchev–Trinajstić information content (AvgIpc) is 2.19. The minimum absolute atomic E-state index is 0.146. The Hall–Kier alpha value is -0.830. The first kappa shape index (κ1) is 15.2. The Morgan fingerprint density at radius 2 is 1.81 bits per heavy atom. The minimum atomic E-state index is 0.146. The number of carbonyl (C=O) groups is 1. The van der Waals surface area contributed by atoms with Crippen LogP contribution in [0.15, 0.2) is 12.2 Å². The lowest BCUT2D eigenvalue weighted by Gasteiger charge is -2.23. The van der Waals surface area contributed by atoms with E-state index in [0.717, 1.165) is 17.3 Å². The summed E-state index contributed by atoms with van der Waals surface area (Å²) in [6, 6.07) is 0. The summed E-state index contributed by atoms with van der Waals surface area (Å²) in [5.41, 5.74) is 0. The van der Waals surface area contributed by atoms with Crippen LogP contribution in [0.25, 0.3) is 0 Å². The summed E-state index contributed by atoms with van der Waals surface area (Å²) >= 11 is 0. The van der Waals surface area contributed by atoms with Crippen molar-refractivity contribution < 1.29 is 9.28 Å². The zero-order valence-electron chi connectivity index (χ0n) is 11.3. The summed E-state index contributed by atoms with van der Waals surface area (Å²) in [6.07, 6.45) is 9.35. The summed E-state index contributed by atoms with van der Waals surface area (Å²) in [7, 11) is 6.18. The molecule has 0 aliphatic heterocycles. The average molecular weight is 227 g/mol. The molecule has 3 heteroatoms. The fourth-order valence-electron chi connectivity index (χ4n) is 1.19. The van der Waals surface area contributed by atoms with Gasteiger partial charge in [0, 0.05) is 6.42 Å². The van der Waals surface area contributed by atoms with Crippen LogP contribution in [0.3, 0.4) is 0 Å². The van der Waals surface area contributed by atoms with E-state index in [1.54, 1.807) is 0 Å².